The Morgan fingerprint density at radius 1 is 1.25 bits per heavy atom. The summed E-state index contributed by atoms with van der Waals surface area (Å²) < 4.78 is 20.1. The fourth-order valence-corrected chi connectivity index (χ4v) is 3.95. The average Bonchev–Trinajstić information content (AvgIpc) is 3.13. The normalized spacial score (nSPS) is 17.2. The van der Waals surface area contributed by atoms with E-state index >= 15 is 0 Å². The lowest BCUT2D eigenvalue weighted by molar-refractivity contribution is 0.396. The summed E-state index contributed by atoms with van der Waals surface area (Å²) in [6, 6.07) is 7.02. The Labute approximate surface area is 172 Å². The van der Waals surface area contributed by atoms with Crippen molar-refractivity contribution < 1.29 is 9.13 Å². The first-order valence-electron chi connectivity index (χ1n) is 8.89. The lowest BCUT2D eigenvalue weighted by Crippen LogP contribution is -2.13. The first-order valence-corrected chi connectivity index (χ1v) is 9.65. The number of hydrogen-bond acceptors (Lipinski definition) is 5. The first-order chi connectivity index (χ1) is 13.5. The zero-order valence-electron chi connectivity index (χ0n) is 15.5. The van der Waals surface area contributed by atoms with E-state index in [0.29, 0.717) is 17.3 Å². The van der Waals surface area contributed by atoms with Crippen molar-refractivity contribution in [2.24, 2.45) is 0 Å². The number of nitrogens with zero attached hydrogens (tertiary/aromatic N) is 3. The van der Waals surface area contributed by atoms with E-state index in [-0.39, 0.29) is 15.7 Å². The molecule has 0 aliphatic carbocycles. The standard InChI is InChI=1S/C20H19Cl2FN4O/c1-27-6-5-11(9-27)12-7-13-16(8-17(12)28-2)24-10-25-20(13)26-15-4-3-14(21)18(22)19(15)23/h3-4,7-8,10-11H,5-6,9H2,1-2H3,(H,24,25,26). The van der Waals surface area contributed by atoms with Gasteiger partial charge in [0.05, 0.1) is 28.4 Å². The Morgan fingerprint density at radius 3 is 2.79 bits per heavy atom. The summed E-state index contributed by atoms with van der Waals surface area (Å²) >= 11 is 11.8. The van der Waals surface area contributed by atoms with Crippen LogP contribution in [0.25, 0.3) is 10.9 Å². The molecular formula is C20H19Cl2FN4O. The van der Waals surface area contributed by atoms with Gasteiger partial charge in [-0.05, 0) is 43.8 Å². The van der Waals surface area contributed by atoms with Gasteiger partial charge in [0.15, 0.2) is 5.82 Å². The van der Waals surface area contributed by atoms with E-state index in [1.54, 1.807) is 13.2 Å². The van der Waals surface area contributed by atoms with Crippen molar-refractivity contribution in [3.05, 3.63) is 52.0 Å². The molecule has 1 fully saturated rings. The van der Waals surface area contributed by atoms with E-state index < -0.39 is 5.82 Å². The second-order valence-electron chi connectivity index (χ2n) is 6.93. The third-order valence-corrected chi connectivity index (χ3v) is 5.89. The SMILES string of the molecule is COc1cc2ncnc(Nc3ccc(Cl)c(Cl)c3F)c2cc1C1CCN(C)C1. The first kappa shape index (κ1) is 19.2. The van der Waals surface area contributed by atoms with E-state index in [1.807, 2.05) is 12.1 Å². The van der Waals surface area contributed by atoms with Gasteiger partial charge in [-0.3, -0.25) is 0 Å². The minimum absolute atomic E-state index is 0.124. The van der Waals surface area contributed by atoms with E-state index in [9.17, 15) is 4.39 Å². The van der Waals surface area contributed by atoms with Gasteiger partial charge in [0, 0.05) is 23.9 Å². The molecule has 0 saturated carbocycles. The molecule has 146 valence electrons. The fourth-order valence-electron chi connectivity index (χ4n) is 3.63. The van der Waals surface area contributed by atoms with Crippen molar-refractivity contribution in [1.29, 1.82) is 0 Å². The molecular weight excluding hydrogens is 402 g/mol. The quantitative estimate of drug-likeness (QED) is 0.584. The van der Waals surface area contributed by atoms with Crippen LogP contribution in [0, 0.1) is 5.82 Å². The van der Waals surface area contributed by atoms with Crippen molar-refractivity contribution in [1.82, 2.24) is 14.9 Å². The van der Waals surface area contributed by atoms with Gasteiger partial charge < -0.3 is 15.0 Å². The average molecular weight is 421 g/mol. The number of methoxy groups -OCH3 is 1. The van der Waals surface area contributed by atoms with Gasteiger partial charge in [-0.25, -0.2) is 14.4 Å². The molecule has 0 spiro atoms. The maximum Gasteiger partial charge on any atom is 0.166 e. The monoisotopic (exact) mass is 420 g/mol. The molecule has 1 atom stereocenters. The van der Waals surface area contributed by atoms with Gasteiger partial charge in [0.2, 0.25) is 0 Å². The summed E-state index contributed by atoms with van der Waals surface area (Å²) in [5.41, 5.74) is 2.02. The number of likely N-dealkylation sites (tertiary alicyclic amines) is 1. The molecule has 4 rings (SSSR count). The Kier molecular flexibility index (Phi) is 5.27. The second-order valence-corrected chi connectivity index (χ2v) is 7.71. The van der Waals surface area contributed by atoms with Crippen molar-refractivity contribution in [2.75, 3.05) is 32.6 Å². The van der Waals surface area contributed by atoms with Gasteiger partial charge in [0.25, 0.3) is 0 Å². The number of fused-ring (bicyclic) bond motifs is 1. The molecule has 3 aromatic rings. The van der Waals surface area contributed by atoms with Gasteiger partial charge in [-0.2, -0.15) is 0 Å². The van der Waals surface area contributed by atoms with Crippen molar-refractivity contribution in [3.8, 4) is 5.75 Å². The molecule has 1 aromatic heterocycles. The highest BCUT2D eigenvalue weighted by atomic mass is 35.5. The molecule has 1 N–H and O–H groups in total. The van der Waals surface area contributed by atoms with Crippen LogP contribution in [-0.4, -0.2) is 42.1 Å². The van der Waals surface area contributed by atoms with E-state index in [4.69, 9.17) is 27.9 Å². The van der Waals surface area contributed by atoms with Gasteiger partial charge >= 0.3 is 0 Å². The number of nitrogens with one attached hydrogen (secondary N) is 1. The number of hydrogen-bond donors (Lipinski definition) is 1. The molecule has 28 heavy (non-hydrogen) atoms. The maximum atomic E-state index is 14.5. The minimum atomic E-state index is -0.618. The topological polar surface area (TPSA) is 50.3 Å². The lowest BCUT2D eigenvalue weighted by Gasteiger charge is -2.17. The zero-order chi connectivity index (χ0) is 19.8. The van der Waals surface area contributed by atoms with Gasteiger partial charge in [-0.1, -0.05) is 23.2 Å². The van der Waals surface area contributed by atoms with Crippen LogP contribution in [0.5, 0.6) is 5.75 Å². The van der Waals surface area contributed by atoms with Gasteiger partial charge in [-0.15, -0.1) is 0 Å². The van der Waals surface area contributed by atoms with Crippen molar-refractivity contribution >= 4 is 45.6 Å². The predicted molar refractivity (Wildman–Crippen MR) is 111 cm³/mol. The number of rotatable bonds is 4. The molecule has 0 amide bonds. The van der Waals surface area contributed by atoms with Crippen LogP contribution in [0.2, 0.25) is 10.0 Å². The lowest BCUT2D eigenvalue weighted by atomic mass is 9.95. The summed E-state index contributed by atoms with van der Waals surface area (Å²) in [4.78, 5) is 11.0. The number of ether oxygens (including phenoxy) is 1. The van der Waals surface area contributed by atoms with Gasteiger partial charge in [0.1, 0.15) is 17.9 Å². The molecule has 0 radical (unpaired) electrons. The second kappa shape index (κ2) is 7.70. The summed E-state index contributed by atoms with van der Waals surface area (Å²) in [6.07, 6.45) is 2.48. The summed E-state index contributed by atoms with van der Waals surface area (Å²) in [6.45, 7) is 2.00. The number of anilines is 2. The number of halogens is 3. The molecule has 0 bridgehead atoms. The third-order valence-electron chi connectivity index (χ3n) is 5.11. The zero-order valence-corrected chi connectivity index (χ0v) is 17.0. The van der Waals surface area contributed by atoms with E-state index in [1.165, 1.54) is 12.4 Å². The van der Waals surface area contributed by atoms with Crippen LogP contribution in [0.1, 0.15) is 17.9 Å². The van der Waals surface area contributed by atoms with Crippen LogP contribution in [0.4, 0.5) is 15.9 Å². The molecule has 1 unspecified atom stereocenters. The largest absolute Gasteiger partial charge is 0.496 e. The molecule has 1 aliphatic heterocycles. The maximum absolute atomic E-state index is 14.5. The molecule has 8 heteroatoms. The molecule has 1 saturated heterocycles. The predicted octanol–water partition coefficient (Wildman–Crippen LogP) is 5.25. The molecule has 2 heterocycles. The third kappa shape index (κ3) is 3.48. The van der Waals surface area contributed by atoms with Crippen molar-refractivity contribution in [2.45, 2.75) is 12.3 Å². The minimum Gasteiger partial charge on any atom is -0.496 e. The van der Waals surface area contributed by atoms with Crippen LogP contribution < -0.4 is 10.1 Å². The van der Waals surface area contributed by atoms with E-state index in [2.05, 4.69) is 27.2 Å². The Bertz CT molecular complexity index is 1050. The highest BCUT2D eigenvalue weighted by Crippen LogP contribution is 2.38. The molecule has 2 aromatic carbocycles. The number of benzene rings is 2. The smallest absolute Gasteiger partial charge is 0.166 e. The van der Waals surface area contributed by atoms with Crippen molar-refractivity contribution in [3.63, 3.8) is 0 Å². The van der Waals surface area contributed by atoms with Crippen LogP contribution in [-0.2, 0) is 0 Å². The summed E-state index contributed by atoms with van der Waals surface area (Å²) in [7, 11) is 3.77. The Balaban J connectivity index is 1.80. The molecule has 5 nitrogen and oxygen atoms in total. The fraction of sp³-hybridized carbons (Fsp3) is 0.300. The van der Waals surface area contributed by atoms with Crippen LogP contribution in [0.3, 0.4) is 0 Å². The summed E-state index contributed by atoms with van der Waals surface area (Å²) in [5, 5.41) is 3.85. The Hall–Kier alpha value is -2.15. The number of likely N-dealkylation sites (N-methyl/N-ethyl adjacent to an activating group) is 1. The highest BCUT2D eigenvalue weighted by Gasteiger charge is 2.25. The highest BCUT2D eigenvalue weighted by molar-refractivity contribution is 6.42. The van der Waals surface area contributed by atoms with Crippen LogP contribution >= 0.6 is 23.2 Å². The summed E-state index contributed by atoms with van der Waals surface area (Å²) in [5.74, 6) is 1.04. The molecule has 1 aliphatic rings. The van der Waals surface area contributed by atoms with E-state index in [0.717, 1.165) is 36.2 Å². The van der Waals surface area contributed by atoms with Crippen LogP contribution in [0.15, 0.2) is 30.6 Å². The Morgan fingerprint density at radius 2 is 2.07 bits per heavy atom. The number of aromatic nitrogens is 2.